The molecule has 5 unspecified atom stereocenters. The summed E-state index contributed by atoms with van der Waals surface area (Å²) in [4.78, 5) is 0. The van der Waals surface area contributed by atoms with Crippen molar-refractivity contribution in [3.8, 4) is 0 Å². The van der Waals surface area contributed by atoms with Gasteiger partial charge in [0.1, 0.15) is 0 Å². The molecule has 2 aliphatic carbocycles. The van der Waals surface area contributed by atoms with E-state index in [0.29, 0.717) is 17.6 Å². The lowest BCUT2D eigenvalue weighted by molar-refractivity contribution is -0.117. The molecule has 0 aromatic carbocycles. The van der Waals surface area contributed by atoms with E-state index >= 15 is 0 Å². The van der Waals surface area contributed by atoms with Crippen LogP contribution in [0.2, 0.25) is 0 Å². The van der Waals surface area contributed by atoms with Crippen molar-refractivity contribution in [3.05, 3.63) is 0 Å². The molecule has 0 bridgehead atoms. The van der Waals surface area contributed by atoms with Gasteiger partial charge in [0, 0.05) is 30.0 Å². The van der Waals surface area contributed by atoms with Crippen LogP contribution in [0.15, 0.2) is 0 Å². The topological polar surface area (TPSA) is 21.3 Å². The largest absolute Gasteiger partial charge is 0.377 e. The minimum absolute atomic E-state index is 0.338. The Bertz CT molecular complexity index is 304. The quantitative estimate of drug-likeness (QED) is 0.813. The van der Waals surface area contributed by atoms with Gasteiger partial charge in [0.2, 0.25) is 0 Å². The fraction of sp³-hybridized carbons (Fsp3) is 1.00. The van der Waals surface area contributed by atoms with Crippen molar-refractivity contribution in [2.45, 2.75) is 71.6 Å². The van der Waals surface area contributed by atoms with Gasteiger partial charge >= 0.3 is 0 Å². The van der Waals surface area contributed by atoms with E-state index in [1.165, 1.54) is 25.7 Å². The van der Waals surface area contributed by atoms with Crippen LogP contribution >= 0.6 is 0 Å². The molecule has 18 heavy (non-hydrogen) atoms. The summed E-state index contributed by atoms with van der Waals surface area (Å²) in [6.45, 7) is 10.6. The maximum Gasteiger partial charge on any atom is 0.0685 e. The van der Waals surface area contributed by atoms with Gasteiger partial charge in [-0.3, -0.25) is 0 Å². The highest BCUT2D eigenvalue weighted by Crippen LogP contribution is 2.52. The van der Waals surface area contributed by atoms with Gasteiger partial charge in [0.05, 0.1) is 6.10 Å². The molecule has 0 aromatic rings. The van der Waals surface area contributed by atoms with Crippen LogP contribution in [-0.4, -0.2) is 24.8 Å². The zero-order valence-electron chi connectivity index (χ0n) is 12.4. The lowest BCUT2D eigenvalue weighted by Gasteiger charge is -2.56. The molecule has 3 rings (SSSR count). The van der Waals surface area contributed by atoms with Crippen molar-refractivity contribution < 1.29 is 4.74 Å². The zero-order chi connectivity index (χ0) is 12.9. The number of hydrogen-bond acceptors (Lipinski definition) is 2. The molecule has 0 spiro atoms. The lowest BCUT2D eigenvalue weighted by atomic mass is 9.57. The molecule has 2 nitrogen and oxygen atoms in total. The van der Waals surface area contributed by atoms with E-state index in [9.17, 15) is 0 Å². The minimum atomic E-state index is 0.338. The second-order valence-electron chi connectivity index (χ2n) is 7.82. The molecule has 0 amide bonds. The smallest absolute Gasteiger partial charge is 0.0685 e. The maximum absolute atomic E-state index is 5.89. The van der Waals surface area contributed by atoms with E-state index in [1.54, 1.807) is 0 Å². The Balaban J connectivity index is 1.62. The van der Waals surface area contributed by atoms with Gasteiger partial charge in [-0.1, -0.05) is 27.7 Å². The van der Waals surface area contributed by atoms with Crippen LogP contribution in [-0.2, 0) is 4.74 Å². The molecule has 1 aliphatic heterocycles. The Labute approximate surface area is 112 Å². The number of fused-ring (bicyclic) bond motifs is 1. The normalized spacial score (nSPS) is 50.7. The van der Waals surface area contributed by atoms with Gasteiger partial charge in [0.25, 0.3) is 0 Å². The molecule has 1 N–H and O–H groups in total. The van der Waals surface area contributed by atoms with Crippen LogP contribution in [0.4, 0.5) is 0 Å². The van der Waals surface area contributed by atoms with E-state index in [-0.39, 0.29) is 0 Å². The molecular weight excluding hydrogens is 222 g/mol. The number of rotatable bonds is 2. The van der Waals surface area contributed by atoms with Crippen LogP contribution in [0.1, 0.15) is 53.4 Å². The molecule has 0 radical (unpaired) electrons. The number of hydrogen-bond donors (Lipinski definition) is 1. The summed E-state index contributed by atoms with van der Waals surface area (Å²) < 4.78 is 5.89. The third kappa shape index (κ3) is 2.02. The Morgan fingerprint density at radius 3 is 2.39 bits per heavy atom. The summed E-state index contributed by atoms with van der Waals surface area (Å²) in [5.74, 6) is 2.57. The van der Waals surface area contributed by atoms with Gasteiger partial charge in [-0.15, -0.1) is 0 Å². The monoisotopic (exact) mass is 251 g/mol. The minimum Gasteiger partial charge on any atom is -0.377 e. The van der Waals surface area contributed by atoms with E-state index in [2.05, 4.69) is 33.0 Å². The zero-order valence-corrected chi connectivity index (χ0v) is 12.4. The molecule has 5 atom stereocenters. The highest BCUT2D eigenvalue weighted by atomic mass is 16.5. The Kier molecular flexibility index (Phi) is 3.22. The molecule has 1 heterocycles. The van der Waals surface area contributed by atoms with Crippen LogP contribution in [0.25, 0.3) is 0 Å². The highest BCUT2D eigenvalue weighted by Gasteiger charge is 2.59. The van der Waals surface area contributed by atoms with E-state index in [4.69, 9.17) is 4.74 Å². The molecule has 104 valence electrons. The average Bonchev–Trinajstić information content (AvgIpc) is 2.71. The van der Waals surface area contributed by atoms with Gasteiger partial charge in [-0.05, 0) is 37.5 Å². The summed E-state index contributed by atoms with van der Waals surface area (Å²) in [5.41, 5.74) is 0.338. The summed E-state index contributed by atoms with van der Waals surface area (Å²) in [5, 5.41) is 4.00. The summed E-state index contributed by atoms with van der Waals surface area (Å²) >= 11 is 0. The third-order valence-corrected chi connectivity index (χ3v) is 5.69. The van der Waals surface area contributed by atoms with Crippen LogP contribution in [0, 0.1) is 23.2 Å². The molecule has 3 fully saturated rings. The fourth-order valence-corrected chi connectivity index (χ4v) is 5.00. The van der Waals surface area contributed by atoms with Crippen LogP contribution in [0.3, 0.4) is 0 Å². The molecule has 3 aliphatic rings. The molecule has 0 aromatic heterocycles. The predicted octanol–water partition coefficient (Wildman–Crippen LogP) is 3.21. The highest BCUT2D eigenvalue weighted by molar-refractivity contribution is 5.12. The van der Waals surface area contributed by atoms with Gasteiger partial charge in [0.15, 0.2) is 0 Å². The predicted molar refractivity (Wildman–Crippen MR) is 74.5 cm³/mol. The van der Waals surface area contributed by atoms with Crippen LogP contribution < -0.4 is 5.32 Å². The number of ether oxygens (including phenoxy) is 1. The molecule has 1 saturated heterocycles. The van der Waals surface area contributed by atoms with Crippen molar-refractivity contribution in [1.29, 1.82) is 0 Å². The van der Waals surface area contributed by atoms with Gasteiger partial charge in [-0.25, -0.2) is 0 Å². The van der Waals surface area contributed by atoms with Crippen molar-refractivity contribution >= 4 is 0 Å². The first-order chi connectivity index (χ1) is 8.48. The third-order valence-electron chi connectivity index (χ3n) is 5.69. The SMILES string of the molecule is CC1CC(C)CC(NC2C3CCOC3C2(C)C)C1. The van der Waals surface area contributed by atoms with Crippen molar-refractivity contribution in [1.82, 2.24) is 5.32 Å². The number of nitrogens with one attached hydrogen (secondary N) is 1. The summed E-state index contributed by atoms with van der Waals surface area (Å²) in [7, 11) is 0. The standard InChI is InChI=1S/C16H29NO/c1-10-7-11(2)9-12(8-10)17-14-13-5-6-18-15(13)16(14,3)4/h10-15,17H,5-9H2,1-4H3. The second kappa shape index (κ2) is 4.49. The van der Waals surface area contributed by atoms with E-state index in [1.807, 2.05) is 0 Å². The van der Waals surface area contributed by atoms with Crippen molar-refractivity contribution in [2.24, 2.45) is 23.2 Å². The molecular formula is C16H29NO. The average molecular weight is 251 g/mol. The van der Waals surface area contributed by atoms with Crippen molar-refractivity contribution in [3.63, 3.8) is 0 Å². The second-order valence-corrected chi connectivity index (χ2v) is 7.82. The van der Waals surface area contributed by atoms with E-state index in [0.717, 1.165) is 30.4 Å². The maximum atomic E-state index is 5.89. The van der Waals surface area contributed by atoms with Crippen LogP contribution in [0.5, 0.6) is 0 Å². The summed E-state index contributed by atoms with van der Waals surface area (Å²) in [6.07, 6.45) is 5.95. The first-order valence-corrected chi connectivity index (χ1v) is 7.86. The van der Waals surface area contributed by atoms with Crippen molar-refractivity contribution in [2.75, 3.05) is 6.61 Å². The fourth-order valence-electron chi connectivity index (χ4n) is 5.00. The molecule has 2 heteroatoms. The lowest BCUT2D eigenvalue weighted by Crippen LogP contribution is -2.67. The Morgan fingerprint density at radius 1 is 1.06 bits per heavy atom. The first kappa shape index (κ1) is 12.9. The Hall–Kier alpha value is -0.0800. The van der Waals surface area contributed by atoms with Gasteiger partial charge in [-0.2, -0.15) is 0 Å². The Morgan fingerprint density at radius 2 is 1.72 bits per heavy atom. The van der Waals surface area contributed by atoms with Gasteiger partial charge < -0.3 is 10.1 Å². The summed E-state index contributed by atoms with van der Waals surface area (Å²) in [6, 6.07) is 1.43. The molecule has 2 saturated carbocycles. The van der Waals surface area contributed by atoms with E-state index < -0.39 is 0 Å². The first-order valence-electron chi connectivity index (χ1n) is 7.86.